The fourth-order valence-electron chi connectivity index (χ4n) is 4.10. The number of aromatic nitrogens is 2. The first-order valence-electron chi connectivity index (χ1n) is 11.2. The Balaban J connectivity index is 2.02. The van der Waals surface area contributed by atoms with Crippen molar-refractivity contribution >= 4 is 23.0 Å². The minimum atomic E-state index is -4.74. The SMILES string of the molecule is CCOc1ncc(Nc2cc(N(CC)C3CCOCC3)ccc2C(CC(=O)O)C(F)(F)F)cn1. The van der Waals surface area contributed by atoms with E-state index in [0.29, 0.717) is 32.1 Å². The van der Waals surface area contributed by atoms with Crippen molar-refractivity contribution in [1.82, 2.24) is 9.97 Å². The number of aliphatic carboxylic acids is 1. The Morgan fingerprint density at radius 3 is 2.50 bits per heavy atom. The normalized spacial score (nSPS) is 15.6. The average molecular weight is 483 g/mol. The molecule has 1 atom stereocenters. The minimum absolute atomic E-state index is 0.151. The van der Waals surface area contributed by atoms with E-state index >= 15 is 0 Å². The second-order valence-corrected chi connectivity index (χ2v) is 7.91. The molecule has 0 aliphatic carbocycles. The van der Waals surface area contributed by atoms with Gasteiger partial charge in [-0.05, 0) is 44.4 Å². The zero-order valence-corrected chi connectivity index (χ0v) is 19.1. The van der Waals surface area contributed by atoms with Gasteiger partial charge in [-0.25, -0.2) is 9.97 Å². The van der Waals surface area contributed by atoms with E-state index in [1.807, 2.05) is 6.92 Å². The highest BCUT2D eigenvalue weighted by Crippen LogP contribution is 2.42. The molecule has 0 saturated carbocycles. The molecule has 1 fully saturated rings. The van der Waals surface area contributed by atoms with E-state index in [0.717, 1.165) is 18.5 Å². The Labute approximate surface area is 196 Å². The zero-order chi connectivity index (χ0) is 24.7. The van der Waals surface area contributed by atoms with Crippen LogP contribution in [0.3, 0.4) is 0 Å². The number of ether oxygens (including phenoxy) is 2. The van der Waals surface area contributed by atoms with Gasteiger partial charge >= 0.3 is 18.2 Å². The zero-order valence-electron chi connectivity index (χ0n) is 19.1. The molecule has 0 bridgehead atoms. The van der Waals surface area contributed by atoms with Crippen molar-refractivity contribution in [2.24, 2.45) is 0 Å². The summed E-state index contributed by atoms with van der Waals surface area (Å²) in [6.45, 7) is 6.06. The molecule has 0 amide bonds. The Kier molecular flexibility index (Phi) is 8.54. The quantitative estimate of drug-likeness (QED) is 0.501. The summed E-state index contributed by atoms with van der Waals surface area (Å²) >= 11 is 0. The maximum Gasteiger partial charge on any atom is 0.396 e. The lowest BCUT2D eigenvalue weighted by molar-refractivity contribution is -0.163. The molecule has 1 unspecified atom stereocenters. The summed E-state index contributed by atoms with van der Waals surface area (Å²) in [5, 5.41) is 12.1. The number of rotatable bonds is 10. The van der Waals surface area contributed by atoms with Gasteiger partial charge in [0.25, 0.3) is 0 Å². The third kappa shape index (κ3) is 6.49. The fourth-order valence-corrected chi connectivity index (χ4v) is 4.10. The van der Waals surface area contributed by atoms with Gasteiger partial charge in [0.15, 0.2) is 0 Å². The van der Waals surface area contributed by atoms with Gasteiger partial charge in [-0.3, -0.25) is 4.79 Å². The third-order valence-corrected chi connectivity index (χ3v) is 5.67. The first-order valence-corrected chi connectivity index (χ1v) is 11.2. The first-order chi connectivity index (χ1) is 16.2. The van der Waals surface area contributed by atoms with Crippen molar-refractivity contribution in [3.05, 3.63) is 36.2 Å². The molecule has 11 heteroatoms. The topological polar surface area (TPSA) is 96.8 Å². The van der Waals surface area contributed by atoms with Crippen LogP contribution in [0.15, 0.2) is 30.6 Å². The van der Waals surface area contributed by atoms with Crippen LogP contribution in [0.2, 0.25) is 0 Å². The van der Waals surface area contributed by atoms with E-state index in [1.165, 1.54) is 18.5 Å². The highest BCUT2D eigenvalue weighted by Gasteiger charge is 2.43. The molecule has 1 aliphatic rings. The molecule has 34 heavy (non-hydrogen) atoms. The van der Waals surface area contributed by atoms with Gasteiger partial charge in [0.05, 0.1) is 37.0 Å². The van der Waals surface area contributed by atoms with Crippen molar-refractivity contribution in [1.29, 1.82) is 0 Å². The minimum Gasteiger partial charge on any atom is -0.481 e. The second kappa shape index (κ2) is 11.4. The Hall–Kier alpha value is -3.08. The van der Waals surface area contributed by atoms with Gasteiger partial charge in [0.1, 0.15) is 0 Å². The molecule has 1 saturated heterocycles. The molecular weight excluding hydrogens is 453 g/mol. The average Bonchev–Trinajstić information content (AvgIpc) is 2.80. The van der Waals surface area contributed by atoms with Crippen molar-refractivity contribution in [3.8, 4) is 6.01 Å². The molecule has 2 aromatic rings. The molecule has 8 nitrogen and oxygen atoms in total. The molecule has 0 spiro atoms. The number of benzene rings is 1. The monoisotopic (exact) mass is 482 g/mol. The standard InChI is InChI=1S/C23H29F3N4O4/c1-3-30(16-7-9-33-10-8-16)17-5-6-18(19(12-21(31)32)23(24,25)26)20(11-17)29-15-13-27-22(28-14-15)34-4-2/h5-6,11,13-14,16,19,29H,3-4,7-10,12H2,1-2H3,(H,31,32). The number of hydrogen-bond donors (Lipinski definition) is 2. The summed E-state index contributed by atoms with van der Waals surface area (Å²) in [5.74, 6) is -3.71. The van der Waals surface area contributed by atoms with E-state index in [9.17, 15) is 18.0 Å². The summed E-state index contributed by atoms with van der Waals surface area (Å²) in [4.78, 5) is 21.5. The number of nitrogens with zero attached hydrogens (tertiary/aromatic N) is 3. The van der Waals surface area contributed by atoms with Gasteiger partial charge in [-0.1, -0.05) is 6.07 Å². The summed E-state index contributed by atoms with van der Waals surface area (Å²) < 4.78 is 52.3. The Morgan fingerprint density at radius 1 is 1.26 bits per heavy atom. The van der Waals surface area contributed by atoms with Crippen LogP contribution in [0.25, 0.3) is 0 Å². The molecule has 0 radical (unpaired) electrons. The molecule has 3 rings (SSSR count). The van der Waals surface area contributed by atoms with Crippen LogP contribution < -0.4 is 15.0 Å². The molecule has 186 valence electrons. The van der Waals surface area contributed by atoms with Crippen LogP contribution >= 0.6 is 0 Å². The predicted molar refractivity (Wildman–Crippen MR) is 121 cm³/mol. The van der Waals surface area contributed by atoms with Crippen LogP contribution in [-0.2, 0) is 9.53 Å². The summed E-state index contributed by atoms with van der Waals surface area (Å²) in [7, 11) is 0. The molecule has 1 aromatic carbocycles. The van der Waals surface area contributed by atoms with Crippen LogP contribution in [-0.4, -0.2) is 59.6 Å². The molecular formula is C23H29F3N4O4. The summed E-state index contributed by atoms with van der Waals surface area (Å²) in [6, 6.07) is 4.96. The fraction of sp³-hybridized carbons (Fsp3) is 0.522. The lowest BCUT2D eigenvalue weighted by Gasteiger charge is -2.36. The highest BCUT2D eigenvalue weighted by molar-refractivity contribution is 5.73. The number of alkyl halides is 3. The number of carboxylic acids is 1. The van der Waals surface area contributed by atoms with E-state index in [1.54, 1.807) is 19.1 Å². The van der Waals surface area contributed by atoms with Crippen LogP contribution in [0.1, 0.15) is 44.6 Å². The maximum absolute atomic E-state index is 13.9. The van der Waals surface area contributed by atoms with Crippen molar-refractivity contribution in [2.75, 3.05) is 36.6 Å². The maximum atomic E-state index is 13.9. The third-order valence-electron chi connectivity index (χ3n) is 5.67. The van der Waals surface area contributed by atoms with Crippen molar-refractivity contribution in [3.63, 3.8) is 0 Å². The van der Waals surface area contributed by atoms with Gasteiger partial charge in [0, 0.05) is 37.2 Å². The number of carboxylic acid groups (broad SMARTS) is 1. The Morgan fingerprint density at radius 2 is 1.94 bits per heavy atom. The highest BCUT2D eigenvalue weighted by atomic mass is 19.4. The van der Waals surface area contributed by atoms with Crippen LogP contribution in [0.5, 0.6) is 6.01 Å². The van der Waals surface area contributed by atoms with Gasteiger partial charge in [0.2, 0.25) is 0 Å². The largest absolute Gasteiger partial charge is 0.481 e. The Bertz CT molecular complexity index is 950. The molecule has 1 aromatic heterocycles. The molecule has 2 heterocycles. The van der Waals surface area contributed by atoms with Gasteiger partial charge in [-0.2, -0.15) is 13.2 Å². The molecule has 2 N–H and O–H groups in total. The lowest BCUT2D eigenvalue weighted by atomic mass is 9.92. The summed E-state index contributed by atoms with van der Waals surface area (Å²) in [5.41, 5.74) is 1.09. The van der Waals surface area contributed by atoms with E-state index in [-0.39, 0.29) is 23.3 Å². The lowest BCUT2D eigenvalue weighted by Crippen LogP contribution is -2.39. The van der Waals surface area contributed by atoms with Crippen LogP contribution in [0, 0.1) is 0 Å². The van der Waals surface area contributed by atoms with Gasteiger partial charge in [-0.15, -0.1) is 0 Å². The number of carbonyl (C=O) groups is 1. The number of hydrogen-bond acceptors (Lipinski definition) is 7. The second-order valence-electron chi connectivity index (χ2n) is 7.91. The predicted octanol–water partition coefficient (Wildman–Crippen LogP) is 4.74. The first kappa shape index (κ1) is 25.5. The van der Waals surface area contributed by atoms with Crippen molar-refractivity contribution < 1.29 is 32.5 Å². The number of halogens is 3. The van der Waals surface area contributed by atoms with Crippen molar-refractivity contribution in [2.45, 2.75) is 51.2 Å². The van der Waals surface area contributed by atoms with E-state index < -0.39 is 24.5 Å². The van der Waals surface area contributed by atoms with Gasteiger partial charge < -0.3 is 24.8 Å². The van der Waals surface area contributed by atoms with Crippen LogP contribution in [0.4, 0.5) is 30.2 Å². The van der Waals surface area contributed by atoms with E-state index in [2.05, 4.69) is 20.2 Å². The summed E-state index contributed by atoms with van der Waals surface area (Å²) in [6.07, 6.45) is -1.37. The number of anilines is 3. The molecule has 1 aliphatic heterocycles. The smallest absolute Gasteiger partial charge is 0.396 e. The van der Waals surface area contributed by atoms with E-state index in [4.69, 9.17) is 14.6 Å². The number of nitrogens with one attached hydrogen (secondary N) is 1.